The molecular weight excluding hydrogens is 262 g/mol. The summed E-state index contributed by atoms with van der Waals surface area (Å²) < 4.78 is 5.42. The molecule has 1 saturated carbocycles. The fraction of sp³-hybridized carbons (Fsp3) is 0.800. The Labute approximate surface area is 122 Å². The second-order valence-electron chi connectivity index (χ2n) is 5.34. The minimum Gasteiger partial charge on any atom is -0.461 e. The number of carbonyl (C=O) groups excluding carboxylic acids is 1. The first kappa shape index (κ1) is 16.5. The second kappa shape index (κ2) is 7.91. The highest BCUT2D eigenvalue weighted by Crippen LogP contribution is 2.45. The number of allylic oxidation sites excluding steroid dienone is 1. The molecule has 0 bridgehead atoms. The van der Waals surface area contributed by atoms with E-state index in [-0.39, 0.29) is 18.4 Å². The van der Waals surface area contributed by atoms with Crippen molar-refractivity contribution in [2.45, 2.75) is 39.5 Å². The van der Waals surface area contributed by atoms with Crippen LogP contribution in [0.4, 0.5) is 0 Å². The van der Waals surface area contributed by atoms with Gasteiger partial charge in [-0.25, -0.2) is 4.79 Å². The largest absolute Gasteiger partial charge is 0.461 e. The number of fused-ring (bicyclic) bond motifs is 1. The van der Waals surface area contributed by atoms with E-state index in [2.05, 4.69) is 24.8 Å². The standard InChI is InChI=1S/C15H25NO2.ClH/c1-3-16(4-2)10-11-18-15(17)14-7-5-6-12-8-9-13(12)14;/h7,12-13H,3-6,8-11H2,1-2H3;1H. The zero-order chi connectivity index (χ0) is 13.0. The predicted octanol–water partition coefficient (Wildman–Crippen LogP) is 3.04. The molecular formula is C15H26ClNO2. The number of carbonyl (C=O) groups is 1. The normalized spacial score (nSPS) is 24.9. The third-order valence-electron chi connectivity index (χ3n) is 4.49. The molecule has 0 heterocycles. The molecule has 2 aliphatic carbocycles. The van der Waals surface area contributed by atoms with E-state index in [9.17, 15) is 4.79 Å². The van der Waals surface area contributed by atoms with Crippen LogP contribution in [0, 0.1) is 11.8 Å². The quantitative estimate of drug-likeness (QED) is 0.703. The van der Waals surface area contributed by atoms with Crippen molar-refractivity contribution in [1.82, 2.24) is 4.90 Å². The second-order valence-corrected chi connectivity index (χ2v) is 5.34. The van der Waals surface area contributed by atoms with Crippen LogP contribution in [-0.2, 0) is 9.53 Å². The molecule has 19 heavy (non-hydrogen) atoms. The maximum absolute atomic E-state index is 12.0. The Morgan fingerprint density at radius 2 is 2.05 bits per heavy atom. The van der Waals surface area contributed by atoms with Crippen LogP contribution < -0.4 is 0 Å². The van der Waals surface area contributed by atoms with Gasteiger partial charge in [0, 0.05) is 12.1 Å². The number of likely N-dealkylation sites (N-methyl/N-ethyl adjacent to an activating group) is 1. The zero-order valence-electron chi connectivity index (χ0n) is 12.1. The summed E-state index contributed by atoms with van der Waals surface area (Å²) in [5, 5.41) is 0. The van der Waals surface area contributed by atoms with Gasteiger partial charge in [0.2, 0.25) is 0 Å². The zero-order valence-corrected chi connectivity index (χ0v) is 12.9. The monoisotopic (exact) mass is 287 g/mol. The van der Waals surface area contributed by atoms with E-state index in [1.54, 1.807) is 0 Å². The summed E-state index contributed by atoms with van der Waals surface area (Å²) >= 11 is 0. The van der Waals surface area contributed by atoms with Crippen LogP contribution in [0.2, 0.25) is 0 Å². The van der Waals surface area contributed by atoms with E-state index in [4.69, 9.17) is 4.74 Å². The number of nitrogens with zero attached hydrogens (tertiary/aromatic N) is 1. The minimum absolute atomic E-state index is 0. The number of hydrogen-bond acceptors (Lipinski definition) is 3. The van der Waals surface area contributed by atoms with E-state index in [1.807, 2.05) is 0 Å². The van der Waals surface area contributed by atoms with Crippen molar-refractivity contribution in [2.24, 2.45) is 11.8 Å². The van der Waals surface area contributed by atoms with Crippen LogP contribution >= 0.6 is 12.4 Å². The van der Waals surface area contributed by atoms with E-state index in [0.29, 0.717) is 12.5 Å². The molecule has 2 atom stereocenters. The lowest BCUT2D eigenvalue weighted by molar-refractivity contribution is -0.141. The summed E-state index contributed by atoms with van der Waals surface area (Å²) in [6.45, 7) is 7.67. The number of esters is 1. The molecule has 4 heteroatoms. The number of halogens is 1. The molecule has 2 aliphatic rings. The van der Waals surface area contributed by atoms with Crippen molar-refractivity contribution in [3.63, 3.8) is 0 Å². The molecule has 0 aromatic rings. The number of hydrogen-bond donors (Lipinski definition) is 0. The summed E-state index contributed by atoms with van der Waals surface area (Å²) in [4.78, 5) is 14.3. The van der Waals surface area contributed by atoms with Crippen LogP contribution in [0.25, 0.3) is 0 Å². The van der Waals surface area contributed by atoms with Gasteiger partial charge in [0.25, 0.3) is 0 Å². The van der Waals surface area contributed by atoms with Gasteiger partial charge in [0.05, 0.1) is 0 Å². The smallest absolute Gasteiger partial charge is 0.334 e. The Morgan fingerprint density at radius 1 is 1.32 bits per heavy atom. The Bertz CT molecular complexity index is 326. The molecule has 3 nitrogen and oxygen atoms in total. The van der Waals surface area contributed by atoms with Crippen molar-refractivity contribution >= 4 is 18.4 Å². The topological polar surface area (TPSA) is 29.5 Å². The molecule has 0 aliphatic heterocycles. The molecule has 0 saturated heterocycles. The van der Waals surface area contributed by atoms with Gasteiger partial charge in [-0.05, 0) is 50.6 Å². The van der Waals surface area contributed by atoms with Gasteiger partial charge in [-0.2, -0.15) is 0 Å². The lowest BCUT2D eigenvalue weighted by Gasteiger charge is -2.40. The molecule has 2 unspecified atom stereocenters. The molecule has 1 fully saturated rings. The first-order chi connectivity index (χ1) is 8.76. The summed E-state index contributed by atoms with van der Waals surface area (Å²) in [5.41, 5.74) is 0.969. The first-order valence-corrected chi connectivity index (χ1v) is 7.35. The lowest BCUT2D eigenvalue weighted by atomic mass is 9.65. The lowest BCUT2D eigenvalue weighted by Crippen LogP contribution is -2.34. The summed E-state index contributed by atoms with van der Waals surface area (Å²) in [6.07, 6.45) is 6.92. The average Bonchev–Trinajstić information content (AvgIpc) is 2.35. The van der Waals surface area contributed by atoms with Gasteiger partial charge in [-0.15, -0.1) is 12.4 Å². The molecule has 110 valence electrons. The van der Waals surface area contributed by atoms with Gasteiger partial charge in [0.1, 0.15) is 6.61 Å². The summed E-state index contributed by atoms with van der Waals surface area (Å²) in [6, 6.07) is 0. The van der Waals surface area contributed by atoms with Gasteiger partial charge in [-0.1, -0.05) is 19.9 Å². The predicted molar refractivity (Wildman–Crippen MR) is 79.5 cm³/mol. The van der Waals surface area contributed by atoms with E-state index < -0.39 is 0 Å². The third kappa shape index (κ3) is 3.96. The van der Waals surface area contributed by atoms with E-state index in [0.717, 1.165) is 37.5 Å². The molecule has 0 aromatic carbocycles. The van der Waals surface area contributed by atoms with Crippen molar-refractivity contribution in [1.29, 1.82) is 0 Å². The highest BCUT2D eigenvalue weighted by molar-refractivity contribution is 5.89. The number of rotatable bonds is 6. The van der Waals surface area contributed by atoms with Crippen molar-refractivity contribution < 1.29 is 9.53 Å². The first-order valence-electron chi connectivity index (χ1n) is 7.35. The summed E-state index contributed by atoms with van der Waals surface area (Å²) in [5.74, 6) is 1.22. The molecule has 0 radical (unpaired) electrons. The van der Waals surface area contributed by atoms with Crippen molar-refractivity contribution in [2.75, 3.05) is 26.2 Å². The van der Waals surface area contributed by atoms with Gasteiger partial charge < -0.3 is 9.64 Å². The Morgan fingerprint density at radius 3 is 2.63 bits per heavy atom. The van der Waals surface area contributed by atoms with Crippen LogP contribution in [0.5, 0.6) is 0 Å². The van der Waals surface area contributed by atoms with E-state index in [1.165, 1.54) is 19.3 Å². The summed E-state index contributed by atoms with van der Waals surface area (Å²) in [7, 11) is 0. The van der Waals surface area contributed by atoms with Crippen LogP contribution in [0.3, 0.4) is 0 Å². The van der Waals surface area contributed by atoms with Crippen molar-refractivity contribution in [3.8, 4) is 0 Å². The van der Waals surface area contributed by atoms with Crippen LogP contribution in [0.15, 0.2) is 11.6 Å². The molecule has 2 rings (SSSR count). The van der Waals surface area contributed by atoms with Crippen LogP contribution in [-0.4, -0.2) is 37.1 Å². The fourth-order valence-corrected chi connectivity index (χ4v) is 3.05. The van der Waals surface area contributed by atoms with Crippen LogP contribution in [0.1, 0.15) is 39.5 Å². The molecule has 0 spiro atoms. The highest BCUT2D eigenvalue weighted by atomic mass is 35.5. The average molecular weight is 288 g/mol. The third-order valence-corrected chi connectivity index (χ3v) is 4.49. The number of ether oxygens (including phenoxy) is 1. The Hall–Kier alpha value is -0.540. The van der Waals surface area contributed by atoms with Crippen molar-refractivity contribution in [3.05, 3.63) is 11.6 Å². The Kier molecular flexibility index (Phi) is 6.87. The van der Waals surface area contributed by atoms with Gasteiger partial charge >= 0.3 is 5.97 Å². The Balaban J connectivity index is 0.00000180. The van der Waals surface area contributed by atoms with Gasteiger partial charge in [0.15, 0.2) is 0 Å². The van der Waals surface area contributed by atoms with E-state index >= 15 is 0 Å². The molecule has 0 N–H and O–H groups in total. The SMILES string of the molecule is CCN(CC)CCOC(=O)C1=CCCC2CCC12.Cl. The fourth-order valence-electron chi connectivity index (χ4n) is 3.05. The maximum Gasteiger partial charge on any atom is 0.334 e. The minimum atomic E-state index is -0.0587. The molecule has 0 aromatic heterocycles. The molecule has 0 amide bonds. The van der Waals surface area contributed by atoms with Gasteiger partial charge in [-0.3, -0.25) is 0 Å². The maximum atomic E-state index is 12.0. The highest BCUT2D eigenvalue weighted by Gasteiger charge is 2.38.